The molecule has 42 heavy (non-hydrogen) atoms. The molecule has 1 N–H and O–H groups in total. The van der Waals surface area contributed by atoms with Gasteiger partial charge in [0, 0.05) is 63.2 Å². The van der Waals surface area contributed by atoms with Gasteiger partial charge in [0.25, 0.3) is 0 Å². The fourth-order valence-electron chi connectivity index (χ4n) is 4.83. The van der Waals surface area contributed by atoms with E-state index >= 15 is 0 Å². The van der Waals surface area contributed by atoms with Gasteiger partial charge in [-0.3, -0.25) is 14.5 Å². The lowest BCUT2D eigenvalue weighted by Crippen LogP contribution is -2.46. The predicted octanol–water partition coefficient (Wildman–Crippen LogP) is 4.21. The van der Waals surface area contributed by atoms with E-state index in [1.807, 2.05) is 12.1 Å². The van der Waals surface area contributed by atoms with Crippen LogP contribution >= 0.6 is 11.6 Å². The van der Waals surface area contributed by atoms with Gasteiger partial charge in [-0.2, -0.15) is 0 Å². The molecular weight excluding hydrogens is 556 g/mol. The number of methoxy groups -OCH3 is 2. The van der Waals surface area contributed by atoms with E-state index in [-0.39, 0.29) is 18.2 Å². The first-order valence-electron chi connectivity index (χ1n) is 13.8. The summed E-state index contributed by atoms with van der Waals surface area (Å²) in [5.41, 5.74) is 3.91. The fourth-order valence-corrected chi connectivity index (χ4v) is 5.08. The lowest BCUT2D eigenvalue weighted by molar-refractivity contribution is -0.117. The van der Waals surface area contributed by atoms with E-state index in [0.29, 0.717) is 45.7 Å². The molecule has 0 aliphatic carbocycles. The Kier molecular flexibility index (Phi) is 10.4. The maximum atomic E-state index is 13.2. The summed E-state index contributed by atoms with van der Waals surface area (Å²) < 4.78 is 10.6. The van der Waals surface area contributed by atoms with E-state index in [1.165, 1.54) is 31.5 Å². The SMILES string of the molecule is C=CC(=O)Nc1cc(N2CCN(CC)CC2)ccc1Cc1cc(N(C)C(=O)Cc2cc(OC)cc(OC)c2Cl)ncn1. The van der Waals surface area contributed by atoms with Gasteiger partial charge in [0.2, 0.25) is 11.8 Å². The number of anilines is 3. The Hall–Kier alpha value is -4.15. The molecule has 2 aromatic carbocycles. The maximum Gasteiger partial charge on any atom is 0.247 e. The topological polar surface area (TPSA) is 100 Å². The number of likely N-dealkylation sites (N-methyl/N-ethyl adjacent to an activating group) is 2. The number of ether oxygens (including phenoxy) is 2. The van der Waals surface area contributed by atoms with Crippen molar-refractivity contribution in [3.63, 3.8) is 0 Å². The lowest BCUT2D eigenvalue weighted by atomic mass is 10.0. The number of benzene rings is 2. The van der Waals surface area contributed by atoms with Crippen LogP contribution in [0, 0.1) is 0 Å². The average molecular weight is 593 g/mol. The fraction of sp³-hybridized carbons (Fsp3) is 0.355. The first-order chi connectivity index (χ1) is 20.3. The van der Waals surface area contributed by atoms with Gasteiger partial charge in [-0.1, -0.05) is 31.2 Å². The Morgan fingerprint density at radius 2 is 1.83 bits per heavy atom. The number of halogens is 1. The second-order valence-electron chi connectivity index (χ2n) is 9.93. The van der Waals surface area contributed by atoms with Gasteiger partial charge in [-0.15, -0.1) is 0 Å². The molecule has 11 heteroatoms. The number of aromatic nitrogens is 2. The number of amides is 2. The molecule has 1 saturated heterocycles. The lowest BCUT2D eigenvalue weighted by Gasteiger charge is -2.35. The van der Waals surface area contributed by atoms with E-state index in [4.69, 9.17) is 21.1 Å². The molecule has 2 heterocycles. The van der Waals surface area contributed by atoms with Gasteiger partial charge in [0.1, 0.15) is 23.6 Å². The zero-order valence-corrected chi connectivity index (χ0v) is 25.3. The highest BCUT2D eigenvalue weighted by molar-refractivity contribution is 6.33. The van der Waals surface area contributed by atoms with Gasteiger partial charge in [0.05, 0.1) is 31.4 Å². The number of carbonyl (C=O) groups excluding carboxylic acids is 2. The van der Waals surface area contributed by atoms with Crippen LogP contribution in [-0.2, 0) is 22.4 Å². The average Bonchev–Trinajstić information content (AvgIpc) is 3.02. The van der Waals surface area contributed by atoms with Crippen molar-refractivity contribution in [3.05, 3.63) is 77.2 Å². The van der Waals surface area contributed by atoms with E-state index in [9.17, 15) is 9.59 Å². The van der Waals surface area contributed by atoms with Crippen LogP contribution in [0.4, 0.5) is 17.2 Å². The standard InChI is InChI=1S/C31H37ClN6O4/c1-6-29(39)35-26-18-24(38-12-10-37(7-2)11-13-38)9-8-21(26)14-23-17-28(34-20-33-23)36(3)30(40)16-22-15-25(41-4)19-27(42-5)31(22)32/h6,8-9,15,17-20H,1,7,10-14,16H2,2-5H3,(H,35,39). The Bertz CT molecular complexity index is 1440. The summed E-state index contributed by atoms with van der Waals surface area (Å²) in [7, 11) is 4.71. The van der Waals surface area contributed by atoms with Crippen molar-refractivity contribution in [2.75, 3.05) is 69.1 Å². The number of piperazine rings is 1. The van der Waals surface area contributed by atoms with Crippen molar-refractivity contribution in [3.8, 4) is 11.5 Å². The highest BCUT2D eigenvalue weighted by Crippen LogP contribution is 2.34. The predicted molar refractivity (Wildman–Crippen MR) is 166 cm³/mol. The molecule has 1 fully saturated rings. The molecule has 0 radical (unpaired) electrons. The summed E-state index contributed by atoms with van der Waals surface area (Å²) in [6.07, 6.45) is 3.13. The molecule has 222 valence electrons. The van der Waals surface area contributed by atoms with Crippen molar-refractivity contribution < 1.29 is 19.1 Å². The molecule has 1 aromatic heterocycles. The molecule has 0 atom stereocenters. The minimum atomic E-state index is -0.286. The van der Waals surface area contributed by atoms with Crippen LogP contribution in [0.5, 0.6) is 11.5 Å². The van der Waals surface area contributed by atoms with Crippen LogP contribution in [0.3, 0.4) is 0 Å². The Morgan fingerprint density at radius 3 is 2.50 bits per heavy atom. The van der Waals surface area contributed by atoms with Gasteiger partial charge < -0.3 is 24.6 Å². The molecule has 0 spiro atoms. The minimum Gasteiger partial charge on any atom is -0.497 e. The normalized spacial score (nSPS) is 13.4. The van der Waals surface area contributed by atoms with Gasteiger partial charge in [0.15, 0.2) is 0 Å². The van der Waals surface area contributed by atoms with E-state index in [2.05, 4.69) is 44.7 Å². The van der Waals surface area contributed by atoms with Crippen LogP contribution < -0.4 is 24.6 Å². The van der Waals surface area contributed by atoms with Gasteiger partial charge in [-0.05, 0) is 41.9 Å². The molecule has 0 unspecified atom stereocenters. The number of rotatable bonds is 11. The van der Waals surface area contributed by atoms with Crippen LogP contribution in [-0.4, -0.2) is 80.7 Å². The number of hydrogen-bond acceptors (Lipinski definition) is 8. The Morgan fingerprint density at radius 1 is 1.07 bits per heavy atom. The summed E-state index contributed by atoms with van der Waals surface area (Å²) in [6, 6.07) is 11.2. The molecule has 10 nitrogen and oxygen atoms in total. The second-order valence-corrected chi connectivity index (χ2v) is 10.3. The Labute approximate surface area is 251 Å². The molecule has 1 aliphatic heterocycles. The van der Waals surface area contributed by atoms with Crippen molar-refractivity contribution in [1.82, 2.24) is 14.9 Å². The number of carbonyl (C=O) groups is 2. The quantitative estimate of drug-likeness (QED) is 0.331. The monoisotopic (exact) mass is 592 g/mol. The number of nitrogens with zero attached hydrogens (tertiary/aromatic N) is 5. The van der Waals surface area contributed by atoms with Crippen LogP contribution in [0.15, 0.2) is 55.4 Å². The molecule has 3 aromatic rings. The van der Waals surface area contributed by atoms with Crippen LogP contribution in [0.1, 0.15) is 23.7 Å². The molecule has 2 amide bonds. The number of hydrogen-bond donors (Lipinski definition) is 1. The summed E-state index contributed by atoms with van der Waals surface area (Å²) in [4.78, 5) is 40.5. The summed E-state index contributed by atoms with van der Waals surface area (Å²) in [6.45, 7) is 10.7. The first-order valence-corrected chi connectivity index (χ1v) is 14.2. The van der Waals surface area contributed by atoms with Gasteiger partial charge >= 0.3 is 0 Å². The first kappa shape index (κ1) is 30.8. The third-order valence-electron chi connectivity index (χ3n) is 7.41. The number of nitrogens with one attached hydrogen (secondary N) is 1. The second kappa shape index (κ2) is 14.2. The maximum absolute atomic E-state index is 13.2. The molecule has 4 rings (SSSR count). The van der Waals surface area contributed by atoms with E-state index in [0.717, 1.165) is 44.0 Å². The minimum absolute atomic E-state index is 0.0218. The van der Waals surface area contributed by atoms with E-state index in [1.54, 1.807) is 25.2 Å². The zero-order chi connectivity index (χ0) is 30.2. The molecule has 0 saturated carbocycles. The summed E-state index contributed by atoms with van der Waals surface area (Å²) >= 11 is 6.47. The van der Waals surface area contributed by atoms with Crippen molar-refractivity contribution >= 4 is 40.6 Å². The molecular formula is C31H37ClN6O4. The van der Waals surface area contributed by atoms with Gasteiger partial charge in [-0.25, -0.2) is 9.97 Å². The Balaban J connectivity index is 1.53. The van der Waals surface area contributed by atoms with Crippen molar-refractivity contribution in [1.29, 1.82) is 0 Å². The highest BCUT2D eigenvalue weighted by atomic mass is 35.5. The van der Waals surface area contributed by atoms with Crippen molar-refractivity contribution in [2.45, 2.75) is 19.8 Å². The van der Waals surface area contributed by atoms with E-state index < -0.39 is 0 Å². The van der Waals surface area contributed by atoms with Crippen LogP contribution in [0.25, 0.3) is 0 Å². The smallest absolute Gasteiger partial charge is 0.247 e. The zero-order valence-electron chi connectivity index (χ0n) is 24.5. The van der Waals surface area contributed by atoms with Crippen molar-refractivity contribution in [2.24, 2.45) is 0 Å². The molecule has 0 bridgehead atoms. The summed E-state index contributed by atoms with van der Waals surface area (Å²) in [5.74, 6) is 0.908. The summed E-state index contributed by atoms with van der Waals surface area (Å²) in [5, 5.41) is 3.31. The third-order valence-corrected chi connectivity index (χ3v) is 7.83. The highest BCUT2D eigenvalue weighted by Gasteiger charge is 2.20. The largest absolute Gasteiger partial charge is 0.497 e. The third kappa shape index (κ3) is 7.37. The molecule has 1 aliphatic rings. The van der Waals surface area contributed by atoms with Crippen LogP contribution in [0.2, 0.25) is 5.02 Å².